The predicted molar refractivity (Wildman–Crippen MR) is 447 cm³/mol. The van der Waals surface area contributed by atoms with Crippen LogP contribution in [-0.2, 0) is 90.3 Å². The number of carboxylic acid groups (broad SMARTS) is 1. The second-order valence-electron chi connectivity index (χ2n) is 34.9. The molecule has 0 aliphatic carbocycles. The summed E-state index contributed by atoms with van der Waals surface area (Å²) in [5.74, 6) is -8.95. The van der Waals surface area contributed by atoms with Crippen molar-refractivity contribution in [1.29, 1.82) is 0 Å². The Labute approximate surface area is 761 Å². The van der Waals surface area contributed by atoms with Gasteiger partial charge in [-0.2, -0.15) is 0 Å². The average Bonchev–Trinajstić information content (AvgIpc) is 0.751. The molecule has 7 fully saturated rings. The smallest absolute Gasteiger partial charge is 0.364 e. The highest BCUT2D eigenvalue weighted by Crippen LogP contribution is 2.42. The molecule has 46 nitrogen and oxygen atoms in total. The minimum absolute atomic E-state index is 0.154. The topological polar surface area (TPSA) is 728 Å². The van der Waals surface area contributed by atoms with Gasteiger partial charge in [0.2, 0.25) is 23.6 Å². The number of hydrogen-bond acceptors (Lipinski definition) is 41. The number of aliphatic carboxylic acids is 1. The van der Waals surface area contributed by atoms with E-state index in [1.54, 1.807) is 6.08 Å². The summed E-state index contributed by atoms with van der Waals surface area (Å²) in [5, 5.41) is 267. The maximum Gasteiger partial charge on any atom is 0.364 e. The van der Waals surface area contributed by atoms with Crippen LogP contribution in [0.15, 0.2) is 12.2 Å². The molecule has 0 radical (unpaired) electrons. The molecule has 7 heterocycles. The summed E-state index contributed by atoms with van der Waals surface area (Å²) in [7, 11) is 0. The van der Waals surface area contributed by atoms with Gasteiger partial charge in [-0.3, -0.25) is 19.2 Å². The molecule has 14 unspecified atom stereocenters. The van der Waals surface area contributed by atoms with Crippen molar-refractivity contribution in [3.63, 3.8) is 0 Å². The third-order valence-electron chi connectivity index (χ3n) is 24.8. The quantitative estimate of drug-likeness (QED) is 0.0199. The van der Waals surface area contributed by atoms with Gasteiger partial charge in [-0.15, -0.1) is 0 Å². The van der Waals surface area contributed by atoms with E-state index in [1.807, 2.05) is 6.08 Å². The summed E-state index contributed by atoms with van der Waals surface area (Å²) in [6, 6.07) is -6.85. The van der Waals surface area contributed by atoms with Gasteiger partial charge in [-0.1, -0.05) is 167 Å². The number of carboxylic acids is 1. The number of aliphatic hydroxyl groups is 22. The standard InChI is InChI=1S/C85H150N4O42/c1-5-7-9-11-13-15-17-19-21-23-25-27-29-31-46(100)45(88-55(103)32-30-28-26-24-22-20-18-16-14-12-10-8-6-2)42-118-80-67(112)65(110)73(53(39-95)123-80)127-81-68(113)66(111)72(54(40-96)124-81)125-79-59(87-44(4)99)74(61(106)49(35-91)119-79)128-82-69(114)76(62(107)50(36-92)120-82)129-78-58(86-43(3)98)64(109)71(52(38-94)122-78)126-83-70(115)77(63(108)51(37-93)121-83)131-85(84(116)117)33-47(101)57(89-56(104)41-97)75(130-85)60(105)48(102)34-90/h29,31,45-54,57-83,90-97,100-102,105-115H,5-28,30,32-42H2,1-4H3,(H,86,98)(H,87,99)(H,88,103)(H,89,104)(H,116,117)/b31-29+/t45-,46+,47?,48+,49?,50?,51?,52?,53?,54?,57+,58?,59?,60+,61-,62-,63-,64+,65+,66+,67?,68?,69?,70?,71+,72-,73+,74+,75?,76-,77-,78-,79-,80+,81-,82-,83-,85-/m0/s1. The Kier molecular flexibility index (Phi) is 50.2. The molecule has 38 atom stereocenters. The van der Waals surface area contributed by atoms with Crippen LogP contribution in [0.1, 0.15) is 201 Å². The van der Waals surface area contributed by atoms with Gasteiger partial charge in [0, 0.05) is 26.7 Å². The lowest BCUT2D eigenvalue weighted by Gasteiger charge is -2.51. The van der Waals surface area contributed by atoms with Crippen molar-refractivity contribution >= 4 is 29.6 Å². The fourth-order valence-electron chi connectivity index (χ4n) is 17.3. The van der Waals surface area contributed by atoms with Gasteiger partial charge >= 0.3 is 5.97 Å². The Bertz CT molecular complexity index is 3280. The van der Waals surface area contributed by atoms with Crippen molar-refractivity contribution < 1.29 is 208 Å². The van der Waals surface area contributed by atoms with Crippen LogP contribution in [0.3, 0.4) is 0 Å². The molecule has 0 aromatic carbocycles. The van der Waals surface area contributed by atoms with Crippen molar-refractivity contribution in [3.8, 4) is 0 Å². The monoisotopic (exact) mass is 1900 g/mol. The summed E-state index contributed by atoms with van der Waals surface area (Å²) in [6.07, 6.45) is -38.9. The van der Waals surface area contributed by atoms with Crippen LogP contribution in [0.25, 0.3) is 0 Å². The number of unbranched alkanes of at least 4 members (excludes halogenated alkanes) is 23. The summed E-state index contributed by atoms with van der Waals surface area (Å²) >= 11 is 0. The molecule has 7 aliphatic heterocycles. The molecule has 0 bridgehead atoms. The molecule has 0 spiro atoms. The third kappa shape index (κ3) is 32.4. The molecule has 7 rings (SSSR count). The molecule has 0 saturated carbocycles. The van der Waals surface area contributed by atoms with Gasteiger partial charge in [-0.25, -0.2) is 4.79 Å². The fraction of sp³-hybridized carbons (Fsp3) is 0.918. The van der Waals surface area contributed by atoms with E-state index < -0.39 is 322 Å². The summed E-state index contributed by atoms with van der Waals surface area (Å²) < 4.78 is 82.9. The molecule has 7 saturated heterocycles. The Morgan fingerprint density at radius 2 is 0.786 bits per heavy atom. The van der Waals surface area contributed by atoms with E-state index >= 15 is 0 Å². The van der Waals surface area contributed by atoms with Crippen molar-refractivity contribution in [1.82, 2.24) is 21.3 Å². The summed E-state index contributed by atoms with van der Waals surface area (Å²) in [6.45, 7) is -3.35. The number of hydrogen-bond donors (Lipinski definition) is 27. The largest absolute Gasteiger partial charge is 0.477 e. The van der Waals surface area contributed by atoms with E-state index in [2.05, 4.69) is 35.1 Å². The Balaban J connectivity index is 1.02. The Morgan fingerprint density at radius 1 is 0.405 bits per heavy atom. The Hall–Kier alpha value is -4.35. The van der Waals surface area contributed by atoms with Crippen molar-refractivity contribution in [2.24, 2.45) is 0 Å². The van der Waals surface area contributed by atoms with Crippen LogP contribution in [0.4, 0.5) is 0 Å². The van der Waals surface area contributed by atoms with Crippen LogP contribution in [0.5, 0.6) is 0 Å². The van der Waals surface area contributed by atoms with Crippen LogP contribution >= 0.6 is 0 Å². The molecule has 0 aromatic heterocycles. The number of carbonyl (C=O) groups is 5. The van der Waals surface area contributed by atoms with E-state index in [-0.39, 0.29) is 12.3 Å². The number of ether oxygens (including phenoxy) is 14. The van der Waals surface area contributed by atoms with Crippen LogP contribution in [-0.4, -0.2) is 439 Å². The third-order valence-corrected chi connectivity index (χ3v) is 24.8. The van der Waals surface area contributed by atoms with Gasteiger partial charge in [0.15, 0.2) is 37.7 Å². The van der Waals surface area contributed by atoms with Crippen molar-refractivity contribution in [3.05, 3.63) is 12.2 Å². The van der Waals surface area contributed by atoms with Crippen LogP contribution in [0.2, 0.25) is 0 Å². The molecule has 762 valence electrons. The highest BCUT2D eigenvalue weighted by Gasteiger charge is 2.63. The lowest BCUT2D eigenvalue weighted by atomic mass is 9.88. The maximum absolute atomic E-state index is 13.5. The highest BCUT2D eigenvalue weighted by molar-refractivity contribution is 5.78. The van der Waals surface area contributed by atoms with Crippen molar-refractivity contribution in [2.75, 3.05) is 59.5 Å². The first-order valence-corrected chi connectivity index (χ1v) is 46.3. The van der Waals surface area contributed by atoms with Gasteiger partial charge < -0.3 is 205 Å². The van der Waals surface area contributed by atoms with Gasteiger partial charge in [0.05, 0.1) is 77.1 Å². The van der Waals surface area contributed by atoms with E-state index in [0.29, 0.717) is 12.8 Å². The maximum atomic E-state index is 13.5. The summed E-state index contributed by atoms with van der Waals surface area (Å²) in [4.78, 5) is 65.3. The number of amides is 4. The first kappa shape index (κ1) is 114. The molecule has 4 amide bonds. The number of allylic oxidation sites excluding steroid dienone is 1. The number of aliphatic hydroxyl groups excluding tert-OH is 22. The van der Waals surface area contributed by atoms with Gasteiger partial charge in [0.25, 0.3) is 5.79 Å². The highest BCUT2D eigenvalue weighted by atomic mass is 16.8. The molecule has 7 aliphatic rings. The minimum Gasteiger partial charge on any atom is -0.477 e. The molecule has 0 aromatic rings. The van der Waals surface area contributed by atoms with Gasteiger partial charge in [-0.05, 0) is 19.3 Å². The van der Waals surface area contributed by atoms with E-state index in [9.17, 15) is 141 Å². The normalized spacial score (nSPS) is 37.5. The predicted octanol–water partition coefficient (Wildman–Crippen LogP) is -7.06. The van der Waals surface area contributed by atoms with Crippen LogP contribution < -0.4 is 21.3 Å². The SMILES string of the molecule is CCCCCCCCCCCCC/C=C/[C@@H](O)[C@H](CO[C@@H]1OC(CO)[C@@H](O[C@@H]2OC(CO)[C@H](O[C@@H]3OC(CO)[C@H](O)[C@H](O[C@@H]4OC(CO)[C@H](O)[C@H](O[C@@H]5OC(CO)[C@@H](O[C@@H]6OC(CO)[C@H](O)[C@H](O[C@]7(C(=O)O)CC(O)[C@@H](NC(=O)CO)C([C@H](O)[C@H](O)CO)O7)C6O)[C@H](O)C5NC(C)=O)C4O)C3NC(C)=O)[C@H](O)C2O)[C@H](O)C1O)NC(=O)CCCCCCCCCCCCCCC. The van der Waals surface area contributed by atoms with E-state index in [4.69, 9.17) is 66.3 Å². The first-order chi connectivity index (χ1) is 62.7. The number of nitrogens with one attached hydrogen (secondary N) is 4. The van der Waals surface area contributed by atoms with E-state index in [0.717, 1.165) is 71.6 Å². The summed E-state index contributed by atoms with van der Waals surface area (Å²) in [5.41, 5.74) is 0. The van der Waals surface area contributed by atoms with E-state index in [1.165, 1.54) is 89.9 Å². The molecule has 131 heavy (non-hydrogen) atoms. The lowest BCUT2D eigenvalue weighted by molar-refractivity contribution is -0.391. The number of carbonyl (C=O) groups excluding carboxylic acids is 4. The Morgan fingerprint density at radius 3 is 1.26 bits per heavy atom. The molecular formula is C85H150N4O42. The lowest BCUT2D eigenvalue weighted by Crippen LogP contribution is -2.71. The minimum atomic E-state index is -3.31. The average molecular weight is 1900 g/mol. The molecular weight excluding hydrogens is 1750 g/mol. The zero-order valence-corrected chi connectivity index (χ0v) is 75.0. The van der Waals surface area contributed by atoms with Crippen molar-refractivity contribution in [2.45, 2.75) is 434 Å². The second kappa shape index (κ2) is 57.9. The fourth-order valence-corrected chi connectivity index (χ4v) is 17.3. The second-order valence-corrected chi connectivity index (χ2v) is 34.9. The zero-order chi connectivity index (χ0) is 96.3. The van der Waals surface area contributed by atoms with Crippen LogP contribution in [0, 0.1) is 0 Å². The zero-order valence-electron chi connectivity index (χ0n) is 75.0. The number of rotatable bonds is 58. The first-order valence-electron chi connectivity index (χ1n) is 46.3. The molecule has 27 N–H and O–H groups in total. The van der Waals surface area contributed by atoms with Gasteiger partial charge in [0.1, 0.15) is 171 Å². The molecule has 46 heteroatoms.